The van der Waals surface area contributed by atoms with Gasteiger partial charge in [0.15, 0.2) is 5.96 Å². The molecule has 3 rings (SSSR count). The zero-order chi connectivity index (χ0) is 19.8. The van der Waals surface area contributed by atoms with Gasteiger partial charge < -0.3 is 15.2 Å². The van der Waals surface area contributed by atoms with Crippen LogP contribution in [-0.4, -0.2) is 51.6 Å². The summed E-state index contributed by atoms with van der Waals surface area (Å²) in [4.78, 5) is 15.8. The molecule has 0 amide bonds. The van der Waals surface area contributed by atoms with Crippen molar-refractivity contribution in [3.05, 3.63) is 48.3 Å². The molecule has 7 nitrogen and oxygen atoms in total. The summed E-state index contributed by atoms with van der Waals surface area (Å²) in [5.74, 6) is 2.49. The van der Waals surface area contributed by atoms with Gasteiger partial charge in [-0.3, -0.25) is 14.9 Å². The fourth-order valence-electron chi connectivity index (χ4n) is 3.57. The predicted octanol–water partition coefficient (Wildman–Crippen LogP) is 2.88. The van der Waals surface area contributed by atoms with E-state index in [1.807, 2.05) is 31.7 Å². The van der Waals surface area contributed by atoms with E-state index in [2.05, 4.69) is 61.0 Å². The average Bonchev–Trinajstić information content (AvgIpc) is 3.13. The van der Waals surface area contributed by atoms with Gasteiger partial charge in [-0.15, -0.1) is 24.0 Å². The van der Waals surface area contributed by atoms with Crippen LogP contribution in [-0.2, 0) is 19.6 Å². The first-order chi connectivity index (χ1) is 13.6. The molecule has 8 heteroatoms. The molecule has 2 aromatic rings. The zero-order valence-electron chi connectivity index (χ0n) is 17.7. The minimum Gasteiger partial charge on any atom is -0.354 e. The number of aromatic nitrogens is 3. The second-order valence-corrected chi connectivity index (χ2v) is 7.83. The van der Waals surface area contributed by atoms with E-state index in [1.54, 1.807) is 0 Å². The number of hydrogen-bond donors (Lipinski definition) is 2. The highest BCUT2D eigenvalue weighted by molar-refractivity contribution is 14.0. The number of likely N-dealkylation sites (tertiary alicyclic amines) is 1. The van der Waals surface area contributed by atoms with Crippen LogP contribution in [0.1, 0.15) is 38.2 Å². The quantitative estimate of drug-likeness (QED) is 0.340. The Morgan fingerprint density at radius 3 is 2.66 bits per heavy atom. The van der Waals surface area contributed by atoms with Crippen LogP contribution >= 0.6 is 24.0 Å². The number of rotatable bonds is 7. The van der Waals surface area contributed by atoms with Crippen LogP contribution in [0.3, 0.4) is 0 Å². The van der Waals surface area contributed by atoms with Crippen molar-refractivity contribution < 1.29 is 0 Å². The molecule has 0 aromatic carbocycles. The minimum absolute atomic E-state index is 0. The number of nitrogens with one attached hydrogen (secondary N) is 2. The number of pyridine rings is 1. The van der Waals surface area contributed by atoms with Gasteiger partial charge in [0.25, 0.3) is 0 Å². The molecule has 0 aliphatic carbocycles. The third-order valence-corrected chi connectivity index (χ3v) is 5.04. The van der Waals surface area contributed by atoms with E-state index >= 15 is 0 Å². The number of nitrogens with zero attached hydrogens (tertiary/aromatic N) is 5. The summed E-state index contributed by atoms with van der Waals surface area (Å²) in [7, 11) is 1.83. The molecule has 0 atom stereocenters. The number of halogens is 1. The van der Waals surface area contributed by atoms with Gasteiger partial charge in [-0.25, -0.2) is 4.98 Å². The van der Waals surface area contributed by atoms with Gasteiger partial charge in [-0.2, -0.15) is 0 Å². The number of imidazole rings is 1. The number of guanidine groups is 1. The van der Waals surface area contributed by atoms with Gasteiger partial charge in [0.1, 0.15) is 5.82 Å². The third-order valence-electron chi connectivity index (χ3n) is 5.04. The molecule has 0 radical (unpaired) electrons. The molecule has 0 bridgehead atoms. The maximum Gasteiger partial charge on any atom is 0.191 e. The van der Waals surface area contributed by atoms with Crippen molar-refractivity contribution in [3.8, 4) is 0 Å². The highest BCUT2D eigenvalue weighted by atomic mass is 127. The van der Waals surface area contributed by atoms with Crippen molar-refractivity contribution in [1.82, 2.24) is 30.1 Å². The van der Waals surface area contributed by atoms with Crippen LogP contribution in [0.25, 0.3) is 0 Å². The molecule has 1 fully saturated rings. The summed E-state index contributed by atoms with van der Waals surface area (Å²) >= 11 is 0. The summed E-state index contributed by atoms with van der Waals surface area (Å²) in [6, 6.07) is 6.56. The van der Waals surface area contributed by atoms with Crippen molar-refractivity contribution in [1.29, 1.82) is 0 Å². The third kappa shape index (κ3) is 7.58. The normalized spacial score (nSPS) is 15.9. The predicted molar refractivity (Wildman–Crippen MR) is 128 cm³/mol. The first-order valence-corrected chi connectivity index (χ1v) is 10.2. The molecular weight excluding hydrogens is 477 g/mol. The van der Waals surface area contributed by atoms with E-state index in [1.165, 1.54) is 0 Å². The molecule has 1 aliphatic rings. The van der Waals surface area contributed by atoms with Crippen molar-refractivity contribution in [2.75, 3.05) is 20.1 Å². The van der Waals surface area contributed by atoms with Crippen LogP contribution < -0.4 is 10.6 Å². The minimum atomic E-state index is 0. The van der Waals surface area contributed by atoms with Crippen molar-refractivity contribution >= 4 is 29.9 Å². The average molecular weight is 511 g/mol. The lowest BCUT2D eigenvalue weighted by molar-refractivity contribution is 0.196. The highest BCUT2D eigenvalue weighted by Crippen LogP contribution is 2.13. The second-order valence-electron chi connectivity index (χ2n) is 7.83. The summed E-state index contributed by atoms with van der Waals surface area (Å²) < 4.78 is 2.21. The second kappa shape index (κ2) is 12.1. The SMILES string of the molecule is CN=C(NCc1nccn1CC(C)C)NC1CCN(Cc2ccccn2)CC1.I. The Hall–Kier alpha value is -1.68. The van der Waals surface area contributed by atoms with E-state index in [-0.39, 0.29) is 24.0 Å². The first-order valence-electron chi connectivity index (χ1n) is 10.2. The lowest BCUT2D eigenvalue weighted by Crippen LogP contribution is -2.48. The summed E-state index contributed by atoms with van der Waals surface area (Å²) in [6.07, 6.45) is 7.99. The van der Waals surface area contributed by atoms with Gasteiger partial charge in [0.2, 0.25) is 0 Å². The Morgan fingerprint density at radius 2 is 2.00 bits per heavy atom. The summed E-state index contributed by atoms with van der Waals surface area (Å²) in [5, 5.41) is 6.99. The number of piperidine rings is 1. The first kappa shape index (κ1) is 23.6. The number of aliphatic imine (C=N–C) groups is 1. The monoisotopic (exact) mass is 511 g/mol. The number of hydrogen-bond acceptors (Lipinski definition) is 4. The van der Waals surface area contributed by atoms with E-state index in [0.717, 1.165) is 56.5 Å². The maximum absolute atomic E-state index is 4.48. The Balaban J connectivity index is 0.00000300. The van der Waals surface area contributed by atoms with Crippen molar-refractivity contribution in [3.63, 3.8) is 0 Å². The topological polar surface area (TPSA) is 70.4 Å². The fraction of sp³-hybridized carbons (Fsp3) is 0.571. The molecule has 1 aliphatic heterocycles. The zero-order valence-corrected chi connectivity index (χ0v) is 20.0. The van der Waals surface area contributed by atoms with Crippen LogP contribution in [0.5, 0.6) is 0 Å². The van der Waals surface area contributed by atoms with Crippen LogP contribution in [0, 0.1) is 5.92 Å². The standard InChI is InChI=1S/C21H33N7.HI/c1-17(2)15-28-13-10-24-20(28)14-25-21(22-3)26-18-7-11-27(12-8-18)16-19-6-4-5-9-23-19;/h4-6,9-10,13,17-18H,7-8,11-12,14-16H2,1-3H3,(H2,22,25,26);1H. The smallest absolute Gasteiger partial charge is 0.191 e. The van der Waals surface area contributed by atoms with E-state index in [0.29, 0.717) is 18.5 Å². The molecule has 2 aromatic heterocycles. The van der Waals surface area contributed by atoms with Crippen LogP contribution in [0.4, 0.5) is 0 Å². The largest absolute Gasteiger partial charge is 0.354 e. The molecular formula is C21H34IN7. The Labute approximate surface area is 191 Å². The molecule has 3 heterocycles. The Kier molecular flexibility index (Phi) is 9.86. The fourth-order valence-corrected chi connectivity index (χ4v) is 3.57. The molecule has 29 heavy (non-hydrogen) atoms. The van der Waals surface area contributed by atoms with Gasteiger partial charge in [-0.1, -0.05) is 19.9 Å². The van der Waals surface area contributed by atoms with Gasteiger partial charge >= 0.3 is 0 Å². The summed E-state index contributed by atoms with van der Waals surface area (Å²) in [6.45, 7) is 9.18. The maximum atomic E-state index is 4.48. The van der Waals surface area contributed by atoms with Crippen molar-refractivity contribution in [2.45, 2.75) is 52.4 Å². The molecule has 1 saturated heterocycles. The molecule has 160 valence electrons. The van der Waals surface area contributed by atoms with Gasteiger partial charge in [0, 0.05) is 57.9 Å². The van der Waals surface area contributed by atoms with Gasteiger partial charge in [-0.05, 0) is 30.9 Å². The van der Waals surface area contributed by atoms with E-state index < -0.39 is 0 Å². The highest BCUT2D eigenvalue weighted by Gasteiger charge is 2.20. The molecule has 2 N–H and O–H groups in total. The lowest BCUT2D eigenvalue weighted by Gasteiger charge is -2.32. The van der Waals surface area contributed by atoms with Crippen LogP contribution in [0.15, 0.2) is 41.8 Å². The Morgan fingerprint density at radius 1 is 1.21 bits per heavy atom. The van der Waals surface area contributed by atoms with Crippen LogP contribution in [0.2, 0.25) is 0 Å². The van der Waals surface area contributed by atoms with E-state index in [9.17, 15) is 0 Å². The summed E-state index contributed by atoms with van der Waals surface area (Å²) in [5.41, 5.74) is 1.14. The Bertz CT molecular complexity index is 736. The lowest BCUT2D eigenvalue weighted by atomic mass is 10.0. The molecule has 0 saturated carbocycles. The molecule has 0 unspecified atom stereocenters. The molecule has 0 spiro atoms. The van der Waals surface area contributed by atoms with E-state index in [4.69, 9.17) is 0 Å². The van der Waals surface area contributed by atoms with Crippen molar-refractivity contribution in [2.24, 2.45) is 10.9 Å². The van der Waals surface area contributed by atoms with Gasteiger partial charge in [0.05, 0.1) is 12.2 Å².